The molecule has 1 N–H and O–H groups in total. The average molecular weight is 333 g/mol. The fraction of sp³-hybridized carbons (Fsp3) is 0.333. The van der Waals surface area contributed by atoms with Crippen molar-refractivity contribution in [3.05, 3.63) is 76.4 Å². The number of aromatic nitrogens is 3. The molecule has 0 saturated carbocycles. The van der Waals surface area contributed by atoms with Crippen LogP contribution < -0.4 is 9.25 Å². The smallest absolute Gasteiger partial charge is 0.357 e. The fourth-order valence-corrected chi connectivity index (χ4v) is 4.63. The molecule has 0 fully saturated rings. The molecular formula is C21H23N3O+2. The maximum atomic E-state index is 6.17. The molecule has 126 valence electrons. The van der Waals surface area contributed by atoms with Crippen molar-refractivity contribution in [2.75, 3.05) is 0 Å². The number of nitrogens with one attached hydrogen (secondary N) is 1. The Bertz CT molecular complexity index is 966. The lowest BCUT2D eigenvalue weighted by Crippen LogP contribution is -2.51. The SMILES string of the molecule is Cc1cc(C)c(-[n+]2c[n+]3c([nH]2)CO[C@H]2Cc4ccccc4[C@H]23)c(C)c1. The van der Waals surface area contributed by atoms with E-state index in [-0.39, 0.29) is 12.1 Å². The number of H-pyrrole nitrogens is 1. The van der Waals surface area contributed by atoms with E-state index >= 15 is 0 Å². The molecule has 0 amide bonds. The minimum atomic E-state index is 0.236. The summed E-state index contributed by atoms with van der Waals surface area (Å²) in [5.74, 6) is 1.12. The van der Waals surface area contributed by atoms with Crippen LogP contribution in [0.5, 0.6) is 0 Å². The summed E-state index contributed by atoms with van der Waals surface area (Å²) < 4.78 is 10.7. The lowest BCUT2D eigenvalue weighted by atomic mass is 10.1. The van der Waals surface area contributed by atoms with Crippen molar-refractivity contribution in [3.8, 4) is 5.69 Å². The van der Waals surface area contributed by atoms with Crippen LogP contribution in [0.15, 0.2) is 42.7 Å². The maximum absolute atomic E-state index is 6.17. The van der Waals surface area contributed by atoms with Gasteiger partial charge in [-0.3, -0.25) is 0 Å². The van der Waals surface area contributed by atoms with Crippen molar-refractivity contribution in [2.24, 2.45) is 0 Å². The van der Waals surface area contributed by atoms with Gasteiger partial charge in [0.1, 0.15) is 6.10 Å². The monoisotopic (exact) mass is 333 g/mol. The molecule has 2 aromatic carbocycles. The zero-order chi connectivity index (χ0) is 17.1. The average Bonchev–Trinajstić information content (AvgIpc) is 3.13. The number of aryl methyl sites for hydroxylation is 3. The molecular weight excluding hydrogens is 310 g/mol. The first-order valence-electron chi connectivity index (χ1n) is 8.94. The first-order valence-corrected chi connectivity index (χ1v) is 8.94. The summed E-state index contributed by atoms with van der Waals surface area (Å²) >= 11 is 0. The molecule has 2 heterocycles. The topological polar surface area (TPSA) is 32.8 Å². The highest BCUT2D eigenvalue weighted by Crippen LogP contribution is 2.35. The van der Waals surface area contributed by atoms with Gasteiger partial charge in [-0.1, -0.05) is 34.9 Å². The van der Waals surface area contributed by atoms with Crippen LogP contribution >= 0.6 is 0 Å². The lowest BCUT2D eigenvalue weighted by Gasteiger charge is -2.18. The van der Waals surface area contributed by atoms with Gasteiger partial charge in [0.05, 0.1) is 0 Å². The molecule has 0 saturated heterocycles. The van der Waals surface area contributed by atoms with Gasteiger partial charge in [-0.2, -0.15) is 0 Å². The zero-order valence-electron chi connectivity index (χ0n) is 14.9. The first-order chi connectivity index (χ1) is 12.1. The molecule has 0 spiro atoms. The van der Waals surface area contributed by atoms with Crippen molar-refractivity contribution >= 4 is 0 Å². The summed E-state index contributed by atoms with van der Waals surface area (Å²) in [6, 6.07) is 13.5. The van der Waals surface area contributed by atoms with Crippen LogP contribution in [0.3, 0.4) is 0 Å². The molecule has 2 atom stereocenters. The van der Waals surface area contributed by atoms with Gasteiger partial charge < -0.3 is 4.74 Å². The summed E-state index contributed by atoms with van der Waals surface area (Å²) in [5, 5.41) is 3.55. The number of ether oxygens (including phenoxy) is 1. The summed E-state index contributed by atoms with van der Waals surface area (Å²) in [6.45, 7) is 7.14. The molecule has 0 radical (unpaired) electrons. The highest BCUT2D eigenvalue weighted by Gasteiger charge is 2.48. The standard InChI is InChI=1S/C21H22N3O/c1-13-8-14(2)20(15(3)9-13)24-12-23-19(22-24)11-25-18-10-16-6-4-5-7-17(16)21(18)23/h4-9,12,18,21H,10-11H2,1-3H3/q+1/p+1/t18-,21+/m0/s1. The number of fused-ring (bicyclic) bond motifs is 5. The largest absolute Gasteiger partial charge is 0.438 e. The summed E-state index contributed by atoms with van der Waals surface area (Å²) in [4.78, 5) is 0. The molecule has 3 aromatic rings. The second-order valence-electron chi connectivity index (χ2n) is 7.40. The minimum Gasteiger partial charge on any atom is -0.357 e. The van der Waals surface area contributed by atoms with E-state index in [1.807, 2.05) is 0 Å². The van der Waals surface area contributed by atoms with Crippen molar-refractivity contribution in [3.63, 3.8) is 0 Å². The highest BCUT2D eigenvalue weighted by molar-refractivity contribution is 5.42. The van der Waals surface area contributed by atoms with Gasteiger partial charge >= 0.3 is 12.2 Å². The molecule has 25 heavy (non-hydrogen) atoms. The molecule has 1 aliphatic carbocycles. The minimum absolute atomic E-state index is 0.236. The Kier molecular flexibility index (Phi) is 3.13. The number of rotatable bonds is 1. The number of aromatic amines is 1. The number of hydrogen-bond acceptors (Lipinski definition) is 1. The van der Waals surface area contributed by atoms with Crippen LogP contribution in [0, 0.1) is 20.8 Å². The van der Waals surface area contributed by atoms with Gasteiger partial charge in [0, 0.05) is 23.1 Å². The molecule has 0 bridgehead atoms. The Morgan fingerprint density at radius 2 is 1.84 bits per heavy atom. The lowest BCUT2D eigenvalue weighted by molar-refractivity contribution is -0.791. The van der Waals surface area contributed by atoms with Gasteiger partial charge in [-0.05, 0) is 43.1 Å². The Labute approximate surface area is 147 Å². The predicted octanol–water partition coefficient (Wildman–Crippen LogP) is 2.55. The van der Waals surface area contributed by atoms with Crippen molar-refractivity contribution < 1.29 is 14.0 Å². The van der Waals surface area contributed by atoms with E-state index in [9.17, 15) is 0 Å². The van der Waals surface area contributed by atoms with Crippen molar-refractivity contribution in [1.29, 1.82) is 0 Å². The molecule has 4 heteroatoms. The Hall–Kier alpha value is -2.46. The van der Waals surface area contributed by atoms with Crippen LogP contribution in [-0.2, 0) is 17.8 Å². The fourth-order valence-electron chi connectivity index (χ4n) is 4.63. The summed E-state index contributed by atoms with van der Waals surface area (Å²) in [6.07, 6.45) is 3.45. The molecule has 1 aliphatic heterocycles. The molecule has 2 aliphatic rings. The van der Waals surface area contributed by atoms with E-state index < -0.39 is 0 Å². The third-order valence-electron chi connectivity index (χ3n) is 5.56. The van der Waals surface area contributed by atoms with Crippen LogP contribution in [0.25, 0.3) is 5.69 Å². The van der Waals surface area contributed by atoms with E-state index in [0.717, 1.165) is 12.2 Å². The van der Waals surface area contributed by atoms with E-state index in [0.29, 0.717) is 6.61 Å². The number of hydrogen-bond donors (Lipinski definition) is 1. The first kappa shape index (κ1) is 14.8. The normalized spacial score (nSPS) is 20.9. The van der Waals surface area contributed by atoms with Gasteiger partial charge in [-0.25, -0.2) is 0 Å². The van der Waals surface area contributed by atoms with Crippen LogP contribution in [0.4, 0.5) is 0 Å². The maximum Gasteiger partial charge on any atom is 0.438 e. The van der Waals surface area contributed by atoms with E-state index in [1.54, 1.807) is 0 Å². The highest BCUT2D eigenvalue weighted by atomic mass is 16.5. The second kappa shape index (κ2) is 5.27. The van der Waals surface area contributed by atoms with E-state index in [1.165, 1.54) is 33.5 Å². The quantitative estimate of drug-likeness (QED) is 0.682. The number of nitrogens with zero attached hydrogens (tertiary/aromatic N) is 2. The third kappa shape index (κ3) is 2.17. The van der Waals surface area contributed by atoms with Crippen LogP contribution in [0.2, 0.25) is 0 Å². The van der Waals surface area contributed by atoms with Gasteiger partial charge in [0.2, 0.25) is 11.7 Å². The van der Waals surface area contributed by atoms with Crippen molar-refractivity contribution in [2.45, 2.75) is 45.9 Å². The second-order valence-corrected chi connectivity index (χ2v) is 7.40. The van der Waals surface area contributed by atoms with Gasteiger partial charge in [0.15, 0.2) is 6.61 Å². The summed E-state index contributed by atoms with van der Waals surface area (Å²) in [5.41, 5.74) is 7.90. The van der Waals surface area contributed by atoms with E-state index in [4.69, 9.17) is 4.74 Å². The Balaban J connectivity index is 1.65. The van der Waals surface area contributed by atoms with Crippen LogP contribution in [-0.4, -0.2) is 11.2 Å². The molecule has 4 nitrogen and oxygen atoms in total. The number of benzene rings is 2. The molecule has 1 aromatic heterocycles. The Morgan fingerprint density at radius 3 is 2.64 bits per heavy atom. The molecule has 5 rings (SSSR count). The van der Waals surface area contributed by atoms with Gasteiger partial charge in [-0.15, -0.1) is 4.57 Å². The zero-order valence-corrected chi connectivity index (χ0v) is 14.9. The predicted molar refractivity (Wildman–Crippen MR) is 93.6 cm³/mol. The van der Waals surface area contributed by atoms with Gasteiger partial charge in [0.25, 0.3) is 0 Å². The molecule has 0 unspecified atom stereocenters. The summed E-state index contributed by atoms with van der Waals surface area (Å²) in [7, 11) is 0. The van der Waals surface area contributed by atoms with Crippen molar-refractivity contribution in [1.82, 2.24) is 5.10 Å². The van der Waals surface area contributed by atoms with E-state index in [2.05, 4.69) is 77.8 Å². The Morgan fingerprint density at radius 1 is 1.08 bits per heavy atom. The third-order valence-corrected chi connectivity index (χ3v) is 5.56. The van der Waals surface area contributed by atoms with Crippen LogP contribution in [0.1, 0.15) is 39.7 Å².